The second-order valence-corrected chi connectivity index (χ2v) is 7.80. The van der Waals surface area contributed by atoms with Crippen LogP contribution < -0.4 is 9.47 Å². The Labute approximate surface area is 185 Å². The largest absolute Gasteiger partial charge is 0.493 e. The van der Waals surface area contributed by atoms with Crippen molar-refractivity contribution in [2.45, 2.75) is 6.42 Å². The number of rotatable bonds is 7. The molecule has 1 aliphatic rings. The van der Waals surface area contributed by atoms with Gasteiger partial charge < -0.3 is 19.4 Å². The van der Waals surface area contributed by atoms with Gasteiger partial charge in [0.1, 0.15) is 6.33 Å². The molecule has 0 amide bonds. The standard InChI is InChI=1S/C24H26N4O4/c1-30-22-14-20-18(13-23(22)32-10-4-7-27-8-11-31-12-9-27)24(26-16-25-20)19-15-28(29)21-6-3-2-5-17(19)21/h2-3,5-6,13-16,29H,4,7-12H2,1H3. The number of hydrogen-bond donors (Lipinski definition) is 1. The van der Waals surface area contributed by atoms with Crippen LogP contribution in [0.1, 0.15) is 6.42 Å². The van der Waals surface area contributed by atoms with E-state index in [4.69, 9.17) is 14.2 Å². The van der Waals surface area contributed by atoms with Crippen LogP contribution in [-0.4, -0.2) is 71.4 Å². The zero-order valence-electron chi connectivity index (χ0n) is 18.0. The average Bonchev–Trinajstić information content (AvgIpc) is 3.18. The van der Waals surface area contributed by atoms with E-state index in [1.807, 2.05) is 36.4 Å². The lowest BCUT2D eigenvalue weighted by Gasteiger charge is -2.26. The number of aromatic nitrogens is 3. The first kappa shape index (κ1) is 20.5. The van der Waals surface area contributed by atoms with Crippen molar-refractivity contribution in [1.29, 1.82) is 0 Å². The summed E-state index contributed by atoms with van der Waals surface area (Å²) in [7, 11) is 1.63. The maximum atomic E-state index is 10.3. The lowest BCUT2D eigenvalue weighted by molar-refractivity contribution is 0.0357. The van der Waals surface area contributed by atoms with Crippen molar-refractivity contribution in [2.75, 3.05) is 46.6 Å². The molecule has 0 aliphatic carbocycles. The number of fused-ring (bicyclic) bond motifs is 2. The van der Waals surface area contributed by atoms with Gasteiger partial charge in [0.15, 0.2) is 11.5 Å². The van der Waals surface area contributed by atoms with Gasteiger partial charge in [0.25, 0.3) is 0 Å². The molecule has 0 saturated carbocycles. The summed E-state index contributed by atoms with van der Waals surface area (Å²) in [5.41, 5.74) is 3.04. The second kappa shape index (κ2) is 9.02. The van der Waals surface area contributed by atoms with Crippen LogP contribution in [0.5, 0.6) is 11.5 Å². The average molecular weight is 434 g/mol. The highest BCUT2D eigenvalue weighted by molar-refractivity contribution is 6.03. The summed E-state index contributed by atoms with van der Waals surface area (Å²) in [6.07, 6.45) is 4.13. The molecule has 2 aromatic carbocycles. The summed E-state index contributed by atoms with van der Waals surface area (Å²) in [6, 6.07) is 11.5. The van der Waals surface area contributed by atoms with Gasteiger partial charge in [-0.1, -0.05) is 18.2 Å². The Hall–Kier alpha value is -3.36. The van der Waals surface area contributed by atoms with Gasteiger partial charge in [-0.15, -0.1) is 0 Å². The van der Waals surface area contributed by atoms with Crippen molar-refractivity contribution in [3.8, 4) is 22.8 Å². The van der Waals surface area contributed by atoms with Gasteiger partial charge >= 0.3 is 0 Å². The minimum atomic E-state index is 0.582. The van der Waals surface area contributed by atoms with E-state index in [2.05, 4.69) is 14.9 Å². The topological polar surface area (TPSA) is 81.9 Å². The number of nitrogens with zero attached hydrogens (tertiary/aromatic N) is 4. The summed E-state index contributed by atoms with van der Waals surface area (Å²) < 4.78 is 18.2. The van der Waals surface area contributed by atoms with Gasteiger partial charge in [0, 0.05) is 42.0 Å². The summed E-state index contributed by atoms with van der Waals surface area (Å²) >= 11 is 0. The summed E-state index contributed by atoms with van der Waals surface area (Å²) in [4.78, 5) is 11.4. The van der Waals surface area contributed by atoms with E-state index < -0.39 is 0 Å². The van der Waals surface area contributed by atoms with Crippen LogP contribution in [0.15, 0.2) is 48.9 Å². The number of benzene rings is 2. The highest BCUT2D eigenvalue weighted by Crippen LogP contribution is 2.37. The van der Waals surface area contributed by atoms with Crippen LogP contribution in [0.3, 0.4) is 0 Å². The quantitative estimate of drug-likeness (QED) is 0.352. The number of ether oxygens (including phenoxy) is 3. The maximum absolute atomic E-state index is 10.3. The van der Waals surface area contributed by atoms with Gasteiger partial charge in [-0.05, 0) is 18.6 Å². The van der Waals surface area contributed by atoms with Gasteiger partial charge in [-0.3, -0.25) is 4.90 Å². The smallest absolute Gasteiger partial charge is 0.162 e. The van der Waals surface area contributed by atoms with E-state index >= 15 is 0 Å². The van der Waals surface area contributed by atoms with Gasteiger partial charge in [-0.2, -0.15) is 4.73 Å². The fourth-order valence-electron chi connectivity index (χ4n) is 4.20. The predicted molar refractivity (Wildman–Crippen MR) is 122 cm³/mol. The molecular weight excluding hydrogens is 408 g/mol. The highest BCUT2D eigenvalue weighted by atomic mass is 16.5. The Kier molecular flexibility index (Phi) is 5.79. The number of morpholine rings is 1. The molecule has 1 aliphatic heterocycles. The van der Waals surface area contributed by atoms with E-state index in [1.54, 1.807) is 13.3 Å². The first-order valence-corrected chi connectivity index (χ1v) is 10.8. The summed E-state index contributed by atoms with van der Waals surface area (Å²) in [5, 5.41) is 12.1. The first-order chi connectivity index (χ1) is 15.7. The molecule has 0 unspecified atom stereocenters. The fraction of sp³-hybridized carbons (Fsp3) is 0.333. The van der Waals surface area contributed by atoms with E-state index in [1.165, 1.54) is 6.33 Å². The van der Waals surface area contributed by atoms with E-state index in [0.717, 1.165) is 77.1 Å². The Balaban J connectivity index is 1.45. The van der Waals surface area contributed by atoms with E-state index in [9.17, 15) is 5.21 Å². The van der Waals surface area contributed by atoms with Gasteiger partial charge in [0.05, 0.1) is 49.9 Å². The minimum absolute atomic E-state index is 0.582. The lowest BCUT2D eigenvalue weighted by atomic mass is 10.1. The third-order valence-electron chi connectivity index (χ3n) is 5.85. The Morgan fingerprint density at radius 1 is 1.06 bits per heavy atom. The van der Waals surface area contributed by atoms with Crippen molar-refractivity contribution in [3.63, 3.8) is 0 Å². The van der Waals surface area contributed by atoms with Crippen molar-refractivity contribution >= 4 is 21.8 Å². The van der Waals surface area contributed by atoms with E-state index in [-0.39, 0.29) is 0 Å². The summed E-state index contributed by atoms with van der Waals surface area (Å²) in [6.45, 7) is 5.09. The van der Waals surface area contributed by atoms with Crippen molar-refractivity contribution in [1.82, 2.24) is 19.6 Å². The lowest BCUT2D eigenvalue weighted by Crippen LogP contribution is -2.37. The van der Waals surface area contributed by atoms with Crippen molar-refractivity contribution in [2.24, 2.45) is 0 Å². The third-order valence-corrected chi connectivity index (χ3v) is 5.85. The molecule has 2 aromatic heterocycles. The van der Waals surface area contributed by atoms with E-state index in [0.29, 0.717) is 18.1 Å². The molecule has 8 nitrogen and oxygen atoms in total. The number of para-hydroxylation sites is 1. The maximum Gasteiger partial charge on any atom is 0.162 e. The molecule has 5 rings (SSSR count). The minimum Gasteiger partial charge on any atom is -0.493 e. The molecule has 0 radical (unpaired) electrons. The second-order valence-electron chi connectivity index (χ2n) is 7.80. The third kappa shape index (κ3) is 3.94. The molecule has 8 heteroatoms. The molecule has 0 atom stereocenters. The van der Waals surface area contributed by atoms with Gasteiger partial charge in [-0.25, -0.2) is 9.97 Å². The molecule has 3 heterocycles. The van der Waals surface area contributed by atoms with Crippen molar-refractivity contribution in [3.05, 3.63) is 48.9 Å². The zero-order valence-corrected chi connectivity index (χ0v) is 18.0. The van der Waals surface area contributed by atoms with Crippen LogP contribution >= 0.6 is 0 Å². The predicted octanol–water partition coefficient (Wildman–Crippen LogP) is 3.60. The molecule has 4 aromatic rings. The summed E-state index contributed by atoms with van der Waals surface area (Å²) in [5.74, 6) is 1.30. The van der Waals surface area contributed by atoms with Crippen LogP contribution in [0.2, 0.25) is 0 Å². The Bertz CT molecular complexity index is 1230. The van der Waals surface area contributed by atoms with Crippen LogP contribution in [-0.2, 0) is 4.74 Å². The van der Waals surface area contributed by atoms with Crippen LogP contribution in [0.4, 0.5) is 0 Å². The highest BCUT2D eigenvalue weighted by Gasteiger charge is 2.17. The number of methoxy groups -OCH3 is 1. The van der Waals surface area contributed by atoms with Crippen LogP contribution in [0, 0.1) is 0 Å². The molecule has 1 N–H and O–H groups in total. The fourth-order valence-corrected chi connectivity index (χ4v) is 4.20. The molecule has 166 valence electrons. The Morgan fingerprint density at radius 2 is 1.91 bits per heavy atom. The molecule has 32 heavy (non-hydrogen) atoms. The molecule has 0 spiro atoms. The molecule has 0 bridgehead atoms. The molecule has 1 saturated heterocycles. The van der Waals surface area contributed by atoms with Crippen molar-refractivity contribution < 1.29 is 19.4 Å². The monoisotopic (exact) mass is 434 g/mol. The normalized spacial score (nSPS) is 14.8. The number of hydrogen-bond acceptors (Lipinski definition) is 7. The Morgan fingerprint density at radius 3 is 2.75 bits per heavy atom. The first-order valence-electron chi connectivity index (χ1n) is 10.8. The molecule has 1 fully saturated rings. The van der Waals surface area contributed by atoms with Crippen LogP contribution in [0.25, 0.3) is 33.1 Å². The zero-order chi connectivity index (χ0) is 21.9. The van der Waals surface area contributed by atoms with Gasteiger partial charge in [0.2, 0.25) is 0 Å². The SMILES string of the molecule is COc1cc2ncnc(-c3cn(O)c4ccccc34)c2cc1OCCCN1CCOCC1. The molecular formula is C24H26N4O4.